The number of aliphatic hydroxyl groups is 1. The first kappa shape index (κ1) is 16.5. The van der Waals surface area contributed by atoms with Gasteiger partial charge in [0, 0.05) is 18.5 Å². The van der Waals surface area contributed by atoms with Crippen LogP contribution in [0.4, 0.5) is 13.2 Å². The Kier molecular flexibility index (Phi) is 6.56. The third kappa shape index (κ3) is 6.60. The van der Waals surface area contributed by atoms with Gasteiger partial charge in [0.15, 0.2) is 0 Å². The van der Waals surface area contributed by atoms with Crippen LogP contribution in [0.3, 0.4) is 0 Å². The monoisotopic (exact) mass is 285 g/mol. The lowest BCUT2D eigenvalue weighted by Crippen LogP contribution is -2.33. The number of alkyl halides is 3. The van der Waals surface area contributed by atoms with E-state index in [0.29, 0.717) is 13.0 Å². The predicted octanol–water partition coefficient (Wildman–Crippen LogP) is 2.80. The van der Waals surface area contributed by atoms with Crippen LogP contribution in [-0.4, -0.2) is 35.9 Å². The normalized spacial score (nSPS) is 11.3. The molecule has 0 saturated heterocycles. The van der Waals surface area contributed by atoms with Crippen molar-refractivity contribution >= 4 is 0 Å². The first-order valence-electron chi connectivity index (χ1n) is 6.42. The van der Waals surface area contributed by atoms with Gasteiger partial charge in [-0.2, -0.15) is 13.2 Å². The Morgan fingerprint density at radius 1 is 1.30 bits per heavy atom. The van der Waals surface area contributed by atoms with Crippen molar-refractivity contribution < 1.29 is 18.3 Å². The van der Waals surface area contributed by atoms with Gasteiger partial charge in [-0.15, -0.1) is 0 Å². The average molecular weight is 285 g/mol. The number of nitrogens with zero attached hydrogens (tertiary/aromatic N) is 1. The first-order valence-corrected chi connectivity index (χ1v) is 6.42. The Balaban J connectivity index is 2.72. The molecule has 0 unspecified atom stereocenters. The molecule has 1 rings (SSSR count). The lowest BCUT2D eigenvalue weighted by Gasteiger charge is -2.21. The fraction of sp³-hybridized carbons (Fsp3) is 0.467. The molecule has 1 aromatic carbocycles. The van der Waals surface area contributed by atoms with E-state index in [2.05, 4.69) is 11.8 Å². The van der Waals surface area contributed by atoms with Crippen molar-refractivity contribution in [3.05, 3.63) is 35.4 Å². The van der Waals surface area contributed by atoms with Gasteiger partial charge in [-0.1, -0.05) is 30.9 Å². The standard InChI is InChI=1S/C15H18F3NO/c1-2-19(12-15(16,17)18)11-14-8-5-7-13(10-14)6-3-4-9-20/h5,7-8,10,20H,2,4,9,11-12H2,1H3. The van der Waals surface area contributed by atoms with E-state index in [-0.39, 0.29) is 13.2 Å². The number of halogens is 3. The van der Waals surface area contributed by atoms with Crippen LogP contribution in [0.25, 0.3) is 0 Å². The molecule has 0 aliphatic carbocycles. The number of hydrogen-bond acceptors (Lipinski definition) is 2. The van der Waals surface area contributed by atoms with Crippen molar-refractivity contribution in [2.45, 2.75) is 26.1 Å². The second-order valence-electron chi connectivity index (χ2n) is 4.39. The average Bonchev–Trinajstić information content (AvgIpc) is 2.37. The maximum absolute atomic E-state index is 12.4. The number of rotatable bonds is 5. The Bertz CT molecular complexity index is 474. The van der Waals surface area contributed by atoms with Crippen molar-refractivity contribution in [2.75, 3.05) is 19.7 Å². The van der Waals surface area contributed by atoms with Crippen LogP contribution < -0.4 is 0 Å². The van der Waals surface area contributed by atoms with Gasteiger partial charge in [0.05, 0.1) is 13.2 Å². The van der Waals surface area contributed by atoms with Crippen molar-refractivity contribution in [3.8, 4) is 11.8 Å². The first-order chi connectivity index (χ1) is 9.44. The lowest BCUT2D eigenvalue weighted by atomic mass is 10.1. The molecule has 0 radical (unpaired) electrons. The molecule has 110 valence electrons. The van der Waals surface area contributed by atoms with Crippen LogP contribution in [0.5, 0.6) is 0 Å². The molecule has 0 aromatic heterocycles. The SMILES string of the molecule is CCN(Cc1cccc(C#CCCO)c1)CC(F)(F)F. The highest BCUT2D eigenvalue weighted by Gasteiger charge is 2.29. The Morgan fingerprint density at radius 2 is 2.05 bits per heavy atom. The van der Waals surface area contributed by atoms with Gasteiger partial charge in [0.25, 0.3) is 0 Å². The van der Waals surface area contributed by atoms with Crippen molar-refractivity contribution in [3.63, 3.8) is 0 Å². The van der Waals surface area contributed by atoms with Crippen LogP contribution in [0.15, 0.2) is 24.3 Å². The highest BCUT2D eigenvalue weighted by Crippen LogP contribution is 2.18. The fourth-order valence-electron chi connectivity index (χ4n) is 1.76. The van der Waals surface area contributed by atoms with E-state index in [1.165, 1.54) is 4.90 Å². The summed E-state index contributed by atoms with van der Waals surface area (Å²) >= 11 is 0. The fourth-order valence-corrected chi connectivity index (χ4v) is 1.76. The molecule has 0 fully saturated rings. The van der Waals surface area contributed by atoms with Crippen molar-refractivity contribution in [1.82, 2.24) is 4.90 Å². The molecule has 20 heavy (non-hydrogen) atoms. The van der Waals surface area contributed by atoms with Crippen LogP contribution in [-0.2, 0) is 6.54 Å². The molecule has 0 aliphatic rings. The quantitative estimate of drug-likeness (QED) is 0.841. The molecule has 0 spiro atoms. The smallest absolute Gasteiger partial charge is 0.395 e. The molecule has 1 aromatic rings. The molecule has 0 amide bonds. The zero-order valence-electron chi connectivity index (χ0n) is 11.4. The largest absolute Gasteiger partial charge is 0.401 e. The Hall–Kier alpha value is -1.51. The molecule has 1 N–H and O–H groups in total. The molecule has 5 heteroatoms. The third-order valence-corrected chi connectivity index (χ3v) is 2.65. The van der Waals surface area contributed by atoms with Gasteiger partial charge < -0.3 is 5.11 Å². The van der Waals surface area contributed by atoms with Crippen LogP contribution in [0.2, 0.25) is 0 Å². The summed E-state index contributed by atoms with van der Waals surface area (Å²) in [5.74, 6) is 5.67. The van der Waals surface area contributed by atoms with E-state index in [0.717, 1.165) is 11.1 Å². The summed E-state index contributed by atoms with van der Waals surface area (Å²) in [7, 11) is 0. The summed E-state index contributed by atoms with van der Waals surface area (Å²) in [6.07, 6.45) is -3.80. The van der Waals surface area contributed by atoms with Crippen LogP contribution in [0.1, 0.15) is 24.5 Å². The van der Waals surface area contributed by atoms with Crippen molar-refractivity contribution in [1.29, 1.82) is 0 Å². The van der Waals surface area contributed by atoms with E-state index in [9.17, 15) is 13.2 Å². The van der Waals surface area contributed by atoms with E-state index in [1.807, 2.05) is 0 Å². The summed E-state index contributed by atoms with van der Waals surface area (Å²) in [6.45, 7) is 1.37. The minimum absolute atomic E-state index is 0.00187. The molecule has 2 nitrogen and oxygen atoms in total. The zero-order valence-corrected chi connectivity index (χ0v) is 11.4. The molecule has 0 bridgehead atoms. The second-order valence-corrected chi connectivity index (χ2v) is 4.39. The molecule has 0 saturated carbocycles. The minimum atomic E-state index is -4.19. The van der Waals surface area contributed by atoms with Gasteiger partial charge >= 0.3 is 6.18 Å². The number of aliphatic hydroxyl groups excluding tert-OH is 1. The Morgan fingerprint density at radius 3 is 2.65 bits per heavy atom. The van der Waals surface area contributed by atoms with Crippen LogP contribution >= 0.6 is 0 Å². The third-order valence-electron chi connectivity index (χ3n) is 2.65. The summed E-state index contributed by atoms with van der Waals surface area (Å²) in [4.78, 5) is 1.33. The highest BCUT2D eigenvalue weighted by molar-refractivity contribution is 5.37. The molecule has 0 atom stereocenters. The van der Waals surface area contributed by atoms with Gasteiger partial charge in [0.1, 0.15) is 0 Å². The summed E-state index contributed by atoms with van der Waals surface area (Å²) < 4.78 is 37.2. The van der Waals surface area contributed by atoms with E-state index < -0.39 is 12.7 Å². The Labute approximate surface area is 117 Å². The van der Waals surface area contributed by atoms with E-state index in [4.69, 9.17) is 5.11 Å². The maximum atomic E-state index is 12.4. The van der Waals surface area contributed by atoms with E-state index >= 15 is 0 Å². The minimum Gasteiger partial charge on any atom is -0.395 e. The van der Waals surface area contributed by atoms with Gasteiger partial charge in [-0.3, -0.25) is 4.90 Å². The highest BCUT2D eigenvalue weighted by atomic mass is 19.4. The second kappa shape index (κ2) is 7.93. The van der Waals surface area contributed by atoms with Crippen LogP contribution in [0, 0.1) is 11.8 Å². The summed E-state index contributed by atoms with van der Waals surface area (Å²) in [5.41, 5.74) is 1.55. The van der Waals surface area contributed by atoms with Gasteiger partial charge in [-0.25, -0.2) is 0 Å². The zero-order chi connectivity index (χ0) is 15.0. The van der Waals surface area contributed by atoms with Crippen molar-refractivity contribution in [2.24, 2.45) is 0 Å². The lowest BCUT2D eigenvalue weighted by molar-refractivity contribution is -0.146. The summed E-state index contributed by atoms with van der Waals surface area (Å²) in [5, 5.41) is 8.64. The maximum Gasteiger partial charge on any atom is 0.401 e. The van der Waals surface area contributed by atoms with Gasteiger partial charge in [-0.05, 0) is 24.2 Å². The van der Waals surface area contributed by atoms with Gasteiger partial charge in [0.2, 0.25) is 0 Å². The number of benzene rings is 1. The van der Waals surface area contributed by atoms with E-state index in [1.54, 1.807) is 31.2 Å². The molecular weight excluding hydrogens is 267 g/mol. The molecule has 0 aliphatic heterocycles. The predicted molar refractivity (Wildman–Crippen MR) is 72.0 cm³/mol. The topological polar surface area (TPSA) is 23.5 Å². The molecule has 0 heterocycles. The number of hydrogen-bond donors (Lipinski definition) is 1. The summed E-state index contributed by atoms with van der Waals surface area (Å²) in [6, 6.07) is 7.15. The molecular formula is C15H18F3NO.